The smallest absolute Gasteiger partial charge is 0.550 e. The van der Waals surface area contributed by atoms with Crippen LogP contribution in [0.25, 0.3) is 0 Å². The molecule has 0 amide bonds. The van der Waals surface area contributed by atoms with E-state index in [0.717, 1.165) is 87.5 Å². The topological polar surface area (TPSA) is 145 Å². The summed E-state index contributed by atoms with van der Waals surface area (Å²) in [4.78, 5) is 26.6. The van der Waals surface area contributed by atoms with E-state index < -0.39 is 11.9 Å². The number of hydrogen-bond acceptors (Lipinski definition) is 8. The van der Waals surface area contributed by atoms with Crippen molar-refractivity contribution in [2.75, 3.05) is 6.67 Å². The second-order valence-electron chi connectivity index (χ2n) is 9.13. The molecule has 2 aromatic rings. The van der Waals surface area contributed by atoms with Crippen LogP contribution in [0.1, 0.15) is 101 Å². The van der Waals surface area contributed by atoms with Gasteiger partial charge in [-0.25, -0.2) is 0 Å². The van der Waals surface area contributed by atoms with Crippen LogP contribution in [-0.2, 0) is 52.1 Å². The summed E-state index contributed by atoms with van der Waals surface area (Å²) in [5, 5.41) is 38.9. The first-order valence-electron chi connectivity index (χ1n) is 13.5. The van der Waals surface area contributed by atoms with Crippen molar-refractivity contribution < 1.29 is 46.8 Å². The van der Waals surface area contributed by atoms with Gasteiger partial charge in [-0.3, -0.25) is 9.98 Å². The molecule has 0 fully saturated rings. The molecule has 0 spiro atoms. The minimum absolute atomic E-state index is 0. The van der Waals surface area contributed by atoms with Crippen molar-refractivity contribution in [2.45, 2.75) is 92.9 Å². The first-order chi connectivity index (χ1) is 18.5. The van der Waals surface area contributed by atoms with Crippen LogP contribution in [0.5, 0.6) is 11.5 Å². The van der Waals surface area contributed by atoms with Crippen molar-refractivity contribution in [3.05, 3.63) is 57.6 Å². The average Bonchev–Trinajstić information content (AvgIpc) is 2.84. The molecule has 9 heteroatoms. The molecule has 2 rings (SSSR count). The molecule has 0 saturated heterocycles. The van der Waals surface area contributed by atoms with Crippen LogP contribution in [0.3, 0.4) is 0 Å². The van der Waals surface area contributed by atoms with Gasteiger partial charge in [0, 0.05) is 35.5 Å². The minimum Gasteiger partial charge on any atom is -0.550 e. The molecule has 1 radical (unpaired) electrons. The van der Waals surface area contributed by atoms with E-state index >= 15 is 0 Å². The molecule has 2 N–H and O–H groups in total. The molecule has 0 aliphatic carbocycles. The Bertz CT molecular complexity index is 1010. The fraction of sp³-hybridized carbons (Fsp3) is 0.484. The Morgan fingerprint density at radius 3 is 1.25 bits per heavy atom. The van der Waals surface area contributed by atoms with E-state index in [1.54, 1.807) is 12.4 Å². The summed E-state index contributed by atoms with van der Waals surface area (Å²) in [6.07, 6.45) is 11.2. The third kappa shape index (κ3) is 16.7. The summed E-state index contributed by atoms with van der Waals surface area (Å²) in [5.74, 6) is -1.52. The summed E-state index contributed by atoms with van der Waals surface area (Å²) in [5.41, 5.74) is 5.94. The molecule has 0 bridgehead atoms. The number of carbonyl (C=O) groups excluding carboxylic acids is 2. The zero-order chi connectivity index (χ0) is 29.8. The quantitative estimate of drug-likeness (QED) is 0.354. The molecule has 0 heterocycles. The zero-order valence-corrected chi connectivity index (χ0v) is 25.6. The van der Waals surface area contributed by atoms with Crippen LogP contribution in [0, 0.1) is 0 Å². The number of carboxylic acid groups (broad SMARTS) is 2. The summed E-state index contributed by atoms with van der Waals surface area (Å²) in [7, 11) is 0. The summed E-state index contributed by atoms with van der Waals surface area (Å²) < 4.78 is 0. The van der Waals surface area contributed by atoms with Gasteiger partial charge in [-0.1, -0.05) is 65.5 Å². The zero-order valence-electron chi connectivity index (χ0n) is 24.6. The fourth-order valence-corrected chi connectivity index (χ4v) is 3.88. The van der Waals surface area contributed by atoms with Crippen LogP contribution >= 0.6 is 0 Å². The van der Waals surface area contributed by atoms with Crippen LogP contribution < -0.4 is 10.2 Å². The molecule has 8 nitrogen and oxygen atoms in total. The van der Waals surface area contributed by atoms with Crippen LogP contribution in [0.15, 0.2) is 34.3 Å². The maximum atomic E-state index is 10.6. The monoisotopic (exact) mass is 599 g/mol. The van der Waals surface area contributed by atoms with Crippen molar-refractivity contribution in [3.8, 4) is 11.5 Å². The minimum atomic E-state index is -1.08. The maximum Gasteiger partial charge on any atom is 2.00 e. The van der Waals surface area contributed by atoms with E-state index in [4.69, 9.17) is 19.8 Å². The molecule has 2 aromatic carbocycles. The van der Waals surface area contributed by atoms with E-state index in [2.05, 4.69) is 49.8 Å². The summed E-state index contributed by atoms with van der Waals surface area (Å²) in [6.45, 7) is 10.7. The third-order valence-electron chi connectivity index (χ3n) is 5.30. The van der Waals surface area contributed by atoms with Crippen molar-refractivity contribution in [2.24, 2.45) is 9.98 Å². The Labute approximate surface area is 249 Å². The van der Waals surface area contributed by atoms with Gasteiger partial charge in [0.2, 0.25) is 0 Å². The third-order valence-corrected chi connectivity index (χ3v) is 5.30. The van der Waals surface area contributed by atoms with Crippen LogP contribution in [-0.4, -0.2) is 41.2 Å². The largest absolute Gasteiger partial charge is 2.00 e. The molecule has 0 saturated carbocycles. The van der Waals surface area contributed by atoms with E-state index in [9.17, 15) is 10.2 Å². The Balaban J connectivity index is 0. The first kappa shape index (κ1) is 39.0. The average molecular weight is 600 g/mol. The molecule has 0 aliphatic rings. The predicted molar refractivity (Wildman–Crippen MR) is 154 cm³/mol. The van der Waals surface area contributed by atoms with Gasteiger partial charge in [0.05, 0.1) is 0 Å². The number of carbonyl (C=O) groups is 2. The molecule has 223 valence electrons. The number of carboxylic acids is 2. The molecular formula is C31H44CoN2O6. The number of phenols is 2. The first-order valence-corrected chi connectivity index (χ1v) is 13.5. The number of aliphatic carboxylic acids is 2. The Morgan fingerprint density at radius 2 is 0.975 bits per heavy atom. The molecule has 0 atom stereocenters. The molecular weight excluding hydrogens is 555 g/mol. The van der Waals surface area contributed by atoms with Crippen LogP contribution in [0.2, 0.25) is 0 Å². The standard InChI is InChI=1S/C27H38N2O2.2C2H4O2.Co/c1-5-9-20-13-22(11-7-3)26(30)24(15-20)17-28-19-29-18-25-16-21(10-6-2)14-23(12-8-4)27(25)31;2*1-2(3)4;/h13-18,30-31H,5-12,19H2,1-4H3;2*1H3,(H,3,4);/q;;;+2/p-2. The van der Waals surface area contributed by atoms with Crippen molar-refractivity contribution in [3.63, 3.8) is 0 Å². The van der Waals surface area contributed by atoms with Gasteiger partial charge in [-0.15, -0.1) is 0 Å². The number of nitrogens with zero attached hydrogens (tertiary/aromatic N) is 2. The van der Waals surface area contributed by atoms with Crippen molar-refractivity contribution in [1.29, 1.82) is 0 Å². The Morgan fingerprint density at radius 1 is 0.675 bits per heavy atom. The normalized spacial score (nSPS) is 10.3. The van der Waals surface area contributed by atoms with E-state index in [1.165, 1.54) is 11.1 Å². The Kier molecular flexibility index (Phi) is 22.0. The predicted octanol–water partition coefficient (Wildman–Crippen LogP) is 3.91. The maximum absolute atomic E-state index is 10.6. The number of rotatable bonds is 12. The molecule has 0 aromatic heterocycles. The second-order valence-corrected chi connectivity index (χ2v) is 9.13. The number of aliphatic imine (C=N–C) groups is 2. The van der Waals surface area contributed by atoms with Crippen molar-refractivity contribution >= 4 is 24.4 Å². The number of aryl methyl sites for hydroxylation is 4. The number of aromatic hydroxyl groups is 2. The number of benzene rings is 2. The summed E-state index contributed by atoms with van der Waals surface area (Å²) >= 11 is 0. The van der Waals surface area contributed by atoms with Gasteiger partial charge < -0.3 is 30.0 Å². The number of phenolic OH excluding ortho intramolecular Hbond substituents is 2. The Hall–Kier alpha value is -3.17. The number of hydrogen-bond donors (Lipinski definition) is 2. The van der Waals surface area contributed by atoms with Gasteiger partial charge in [0.1, 0.15) is 18.2 Å². The fourth-order valence-electron chi connectivity index (χ4n) is 3.88. The van der Waals surface area contributed by atoms with Gasteiger partial charge >= 0.3 is 16.8 Å². The van der Waals surface area contributed by atoms with Gasteiger partial charge in [0.15, 0.2) is 0 Å². The summed E-state index contributed by atoms with van der Waals surface area (Å²) in [6, 6.07) is 8.25. The second kappa shape index (κ2) is 22.6. The SMILES string of the molecule is CC(=O)[O-].CC(=O)[O-].CCCc1cc(C=NCN=Cc2cc(CCC)cc(CCC)c2O)c(O)c(CCC)c1.[Co+2]. The van der Waals surface area contributed by atoms with Gasteiger partial charge in [-0.2, -0.15) is 0 Å². The molecule has 0 unspecified atom stereocenters. The van der Waals surface area contributed by atoms with E-state index in [1.807, 2.05) is 12.1 Å². The van der Waals surface area contributed by atoms with Crippen LogP contribution in [0.4, 0.5) is 0 Å². The van der Waals surface area contributed by atoms with E-state index in [-0.39, 0.29) is 23.4 Å². The molecule has 0 aliphatic heterocycles. The van der Waals surface area contributed by atoms with E-state index in [0.29, 0.717) is 11.5 Å². The molecule has 40 heavy (non-hydrogen) atoms. The van der Waals surface area contributed by atoms with Gasteiger partial charge in [0.25, 0.3) is 0 Å². The van der Waals surface area contributed by atoms with Crippen molar-refractivity contribution in [1.82, 2.24) is 0 Å². The van der Waals surface area contributed by atoms with Gasteiger partial charge in [-0.05, 0) is 73.9 Å².